The maximum Gasteiger partial charge on any atom is 0.147 e. The molecule has 0 aliphatic carbocycles. The van der Waals surface area contributed by atoms with Crippen LogP contribution in [0.5, 0.6) is 0 Å². The van der Waals surface area contributed by atoms with Crippen LogP contribution in [0.25, 0.3) is 0 Å². The smallest absolute Gasteiger partial charge is 0.147 e. The Morgan fingerprint density at radius 2 is 0.847 bits per heavy atom. The van der Waals surface area contributed by atoms with E-state index in [-0.39, 0.29) is 29.7 Å². The Hall–Kier alpha value is -5.90. The maximum absolute atomic E-state index is 5.13. The summed E-state index contributed by atoms with van der Waals surface area (Å²) in [5.41, 5.74) is 14.5. The largest absolute Gasteiger partial charge is 0.383 e. The van der Waals surface area contributed by atoms with Crippen molar-refractivity contribution in [3.05, 3.63) is 191 Å². The van der Waals surface area contributed by atoms with Crippen LogP contribution >= 0.6 is 0 Å². The summed E-state index contributed by atoms with van der Waals surface area (Å²) in [5.74, 6) is 3.96. The van der Waals surface area contributed by atoms with Crippen molar-refractivity contribution in [3.8, 4) is 0 Å². The number of likely N-dealkylation sites (N-methyl/N-ethyl adjacent to an activating group) is 1. The Kier molecular flexibility index (Phi) is 41.6. The third kappa shape index (κ3) is 30.1. The molecule has 546 valence electrons. The molecule has 13 heteroatoms. The second-order valence-corrected chi connectivity index (χ2v) is 27.8. The summed E-state index contributed by atoms with van der Waals surface area (Å²) < 4.78 is 5.13. The summed E-state index contributed by atoms with van der Waals surface area (Å²) in [4.78, 5) is 37.3. The summed E-state index contributed by atoms with van der Waals surface area (Å²) >= 11 is 0. The van der Waals surface area contributed by atoms with E-state index in [0.717, 1.165) is 87.4 Å². The van der Waals surface area contributed by atoms with Crippen molar-refractivity contribution in [2.75, 3.05) is 161 Å². The van der Waals surface area contributed by atoms with Gasteiger partial charge in [0.1, 0.15) is 5.82 Å². The van der Waals surface area contributed by atoms with Gasteiger partial charge in [-0.3, -0.25) is 24.8 Å². The molecule has 0 bridgehead atoms. The van der Waals surface area contributed by atoms with E-state index in [1.54, 1.807) is 7.11 Å². The summed E-state index contributed by atoms with van der Waals surface area (Å²) in [7, 11) is 3.95. The van der Waals surface area contributed by atoms with Crippen LogP contribution < -0.4 is 9.80 Å². The molecule has 0 atom stereocenters. The summed E-state index contributed by atoms with van der Waals surface area (Å²) in [6.07, 6.45) is 21.0. The molecule has 0 radical (unpaired) electrons. The van der Waals surface area contributed by atoms with E-state index in [4.69, 9.17) is 4.74 Å². The van der Waals surface area contributed by atoms with Crippen molar-refractivity contribution in [1.29, 1.82) is 0 Å². The lowest BCUT2D eigenvalue weighted by Gasteiger charge is -2.35. The molecular weight excluding hydrogens is 1210 g/mol. The first-order valence-corrected chi connectivity index (χ1v) is 36.3. The number of likely N-dealkylation sites (tertiary alicyclic amines) is 4. The highest BCUT2D eigenvalue weighted by Crippen LogP contribution is 2.31. The molecule has 2 aromatic heterocycles. The highest BCUT2D eigenvalue weighted by molar-refractivity contribution is 5.48. The van der Waals surface area contributed by atoms with Gasteiger partial charge in [0.15, 0.2) is 0 Å². The molecule has 98 heavy (non-hydrogen) atoms. The van der Waals surface area contributed by atoms with Gasteiger partial charge in [-0.05, 0) is 232 Å². The van der Waals surface area contributed by atoms with Gasteiger partial charge in [0.05, 0.1) is 36.1 Å². The molecule has 8 heterocycles. The Labute approximate surface area is 600 Å². The number of piperazine rings is 1. The van der Waals surface area contributed by atoms with Crippen molar-refractivity contribution < 1.29 is 4.74 Å². The van der Waals surface area contributed by atoms with Crippen LogP contribution in [0.3, 0.4) is 0 Å². The van der Waals surface area contributed by atoms with Gasteiger partial charge in [0.25, 0.3) is 0 Å². The van der Waals surface area contributed by atoms with E-state index >= 15 is 0 Å². The molecule has 6 saturated heterocycles. The highest BCUT2D eigenvalue weighted by atomic mass is 16.5. The first kappa shape index (κ1) is 86.3. The summed E-state index contributed by atoms with van der Waals surface area (Å²) in [6.45, 7) is 49.7. The van der Waals surface area contributed by atoms with E-state index in [1.165, 1.54) is 193 Å². The zero-order valence-electron chi connectivity index (χ0n) is 60.7. The predicted octanol–water partition coefficient (Wildman–Crippen LogP) is 17.4. The molecule has 4 aromatic carbocycles. The van der Waals surface area contributed by atoms with Gasteiger partial charge >= 0.3 is 0 Å². The third-order valence-electron chi connectivity index (χ3n) is 20.4. The number of aromatic nitrogens is 4. The zero-order chi connectivity index (χ0) is 67.0. The van der Waals surface area contributed by atoms with E-state index in [9.17, 15) is 0 Å². The number of hydrogen-bond acceptors (Lipinski definition) is 13. The molecule has 0 saturated carbocycles. The van der Waals surface area contributed by atoms with Crippen LogP contribution in [0.15, 0.2) is 135 Å². The second kappa shape index (κ2) is 47.3. The van der Waals surface area contributed by atoms with Crippen molar-refractivity contribution in [3.63, 3.8) is 0 Å². The minimum absolute atomic E-state index is 0. The average molecular weight is 1350 g/mol. The van der Waals surface area contributed by atoms with Crippen LogP contribution in [-0.4, -0.2) is 207 Å². The number of methoxy groups -OCH3 is 1. The van der Waals surface area contributed by atoms with Crippen LogP contribution in [0, 0.1) is 41.5 Å². The van der Waals surface area contributed by atoms with Crippen LogP contribution in [-0.2, 0) is 4.74 Å². The summed E-state index contributed by atoms with van der Waals surface area (Å²) in [5, 5.41) is 0. The van der Waals surface area contributed by atoms with Crippen molar-refractivity contribution >= 4 is 11.5 Å². The number of nitrogens with zero attached hydrogens (tertiary/aromatic N) is 12. The number of hydrogen-bond donors (Lipinski definition) is 0. The lowest BCUT2D eigenvalue weighted by Crippen LogP contribution is -2.46. The van der Waals surface area contributed by atoms with Crippen LogP contribution in [0.4, 0.5) is 11.5 Å². The number of aryl methyl sites for hydroxylation is 6. The Balaban J connectivity index is 0.000000304. The van der Waals surface area contributed by atoms with Gasteiger partial charge in [0.2, 0.25) is 0 Å². The molecule has 6 aromatic rings. The molecule has 13 nitrogen and oxygen atoms in total. The minimum atomic E-state index is 0. The molecule has 0 amide bonds. The van der Waals surface area contributed by atoms with Gasteiger partial charge in [-0.25, -0.2) is 4.98 Å². The monoisotopic (exact) mass is 1350 g/mol. The standard InChI is InChI=1S/C15H23NO.C15H21N.C14H21N.C13H22N4.C13H20N2.C11H17N3.4CH4/c1-13-3-5-14(6-4-13)15-7-9-16(10-8-15)11-12-17-2;1-3-10-16-11-8-15(9-12-16)14-6-4-13(2)5-7-14;1-3-15-10-8-14(9-11-15)13-6-4-12(2)5-7-13;1-11(2)16-5-4-6-17(8-7-16)13-10-14-12(3)9-15-13;1-3-14-8-10-15(11-9-14)13-6-4-12(2)5-7-13;1-9-7-13-11(8-12-9)10-3-5-14(2)6-4-10;;;;/h3-6,15H,7-12H2,1-2H3;3-7,15H,1,8-12H2,2H3;4-7,14H,3,8-11H2,1-2H3;9-11H,4-8H2,1-3H3;4-7H,3,8-11H2,1-2H3;7-8,10H,3-6H2,1-2H3;4*1H4. The number of anilines is 2. The van der Waals surface area contributed by atoms with Crippen LogP contribution in [0.2, 0.25) is 0 Å². The summed E-state index contributed by atoms with van der Waals surface area (Å²) in [6, 6.07) is 36.7. The van der Waals surface area contributed by atoms with Crippen molar-refractivity contribution in [1.82, 2.24) is 49.3 Å². The lowest BCUT2D eigenvalue weighted by atomic mass is 9.89. The van der Waals surface area contributed by atoms with Gasteiger partial charge < -0.3 is 34.1 Å². The molecule has 12 rings (SSSR count). The van der Waals surface area contributed by atoms with E-state index in [2.05, 4.69) is 225 Å². The van der Waals surface area contributed by atoms with Crippen LogP contribution in [0.1, 0.15) is 195 Å². The van der Waals surface area contributed by atoms with E-state index in [0.29, 0.717) is 12.0 Å². The molecule has 6 aliphatic heterocycles. The molecule has 6 aliphatic rings. The van der Waals surface area contributed by atoms with Gasteiger partial charge in [0, 0.05) is 103 Å². The van der Waals surface area contributed by atoms with E-state index in [1.807, 2.05) is 44.7 Å². The minimum Gasteiger partial charge on any atom is -0.383 e. The molecular formula is C85H140N12O. The third-order valence-corrected chi connectivity index (χ3v) is 20.4. The van der Waals surface area contributed by atoms with Gasteiger partial charge in [-0.15, -0.1) is 6.58 Å². The first-order chi connectivity index (χ1) is 45.6. The van der Waals surface area contributed by atoms with E-state index < -0.39 is 0 Å². The zero-order valence-corrected chi connectivity index (χ0v) is 60.7. The number of benzene rings is 4. The maximum atomic E-state index is 5.13. The van der Waals surface area contributed by atoms with Crippen molar-refractivity contribution in [2.24, 2.45) is 0 Å². The number of piperidine rings is 4. The Morgan fingerprint density at radius 3 is 1.26 bits per heavy atom. The SMILES string of the molecule is C.C.C.C.C=CCN1CCC(c2ccc(C)cc2)CC1.CCN1CCC(c2ccc(C)cc2)CC1.CCN1CCN(c2ccc(C)cc2)CC1.COCCN1CCC(c2ccc(C)cc2)CC1.Cc1cnc(C2CCN(C)CC2)cn1.Cc1cnc(N2CCCN(C(C)C)CC2)cn1. The molecule has 0 spiro atoms. The first-order valence-electron chi connectivity index (χ1n) is 36.3. The van der Waals surface area contributed by atoms with Crippen molar-refractivity contribution in [2.45, 2.75) is 186 Å². The lowest BCUT2D eigenvalue weighted by molar-refractivity contribution is 0.130. The molecule has 0 unspecified atom stereocenters. The topological polar surface area (TPSA) is 86.7 Å². The highest BCUT2D eigenvalue weighted by Gasteiger charge is 2.24. The van der Waals surface area contributed by atoms with Gasteiger partial charge in [-0.1, -0.05) is 157 Å². The fraction of sp³-hybridized carbons (Fsp3) is 0.600. The quantitative estimate of drug-likeness (QED) is 0.0971. The second-order valence-electron chi connectivity index (χ2n) is 27.8. The molecule has 0 N–H and O–H groups in total. The average Bonchev–Trinajstić information content (AvgIpc) is 1.17. The predicted molar refractivity (Wildman–Crippen MR) is 426 cm³/mol. The van der Waals surface area contributed by atoms with Gasteiger partial charge in [-0.2, -0.15) is 0 Å². The normalized spacial score (nSPS) is 18.0. The Morgan fingerprint density at radius 1 is 0.439 bits per heavy atom. The number of rotatable bonds is 14. The molecule has 6 fully saturated rings. The fourth-order valence-electron chi connectivity index (χ4n) is 13.7. The Bertz CT molecular complexity index is 2870. The number of ether oxygens (including phenoxy) is 1. The fourth-order valence-corrected chi connectivity index (χ4v) is 13.7.